The number of carboxylic acid groups (broad SMARTS) is 1. The summed E-state index contributed by atoms with van der Waals surface area (Å²) in [5.41, 5.74) is 0. The Morgan fingerprint density at radius 1 is 1.32 bits per heavy atom. The molecule has 0 unspecified atom stereocenters. The fraction of sp³-hybridized carbons (Fsp3) is 0.500. The van der Waals surface area contributed by atoms with E-state index in [9.17, 15) is 9.18 Å². The molecule has 0 fully saturated rings. The van der Waals surface area contributed by atoms with E-state index in [0.717, 1.165) is 17.2 Å². The van der Waals surface area contributed by atoms with Gasteiger partial charge in [0.05, 0.1) is 6.42 Å². The lowest BCUT2D eigenvalue weighted by Crippen LogP contribution is -2.34. The third-order valence-corrected chi connectivity index (χ3v) is 3.80. The molecule has 19 heavy (non-hydrogen) atoms. The van der Waals surface area contributed by atoms with Gasteiger partial charge in [0.15, 0.2) is 0 Å². The first-order valence-electron chi connectivity index (χ1n) is 6.33. The number of aliphatic carboxylic acids is 1. The van der Waals surface area contributed by atoms with Crippen molar-refractivity contribution in [3.05, 3.63) is 30.1 Å². The van der Waals surface area contributed by atoms with Crippen LogP contribution in [0.3, 0.4) is 0 Å². The van der Waals surface area contributed by atoms with Crippen molar-refractivity contribution in [2.24, 2.45) is 0 Å². The molecule has 1 aromatic rings. The van der Waals surface area contributed by atoms with Crippen molar-refractivity contribution >= 4 is 17.7 Å². The highest BCUT2D eigenvalue weighted by atomic mass is 32.2. The highest BCUT2D eigenvalue weighted by Crippen LogP contribution is 2.18. The minimum Gasteiger partial charge on any atom is -0.481 e. The van der Waals surface area contributed by atoms with Gasteiger partial charge < -0.3 is 5.11 Å². The van der Waals surface area contributed by atoms with Crippen molar-refractivity contribution in [1.82, 2.24) is 4.90 Å². The Labute approximate surface area is 117 Å². The van der Waals surface area contributed by atoms with Crippen molar-refractivity contribution in [3.63, 3.8) is 0 Å². The molecule has 5 heteroatoms. The SMILES string of the molecule is CC(C)N(CCSc1ccc(F)cc1)CCC(=O)O. The van der Waals surface area contributed by atoms with Gasteiger partial charge in [0.2, 0.25) is 0 Å². The number of thioether (sulfide) groups is 1. The molecule has 106 valence electrons. The van der Waals surface area contributed by atoms with Gasteiger partial charge in [-0.25, -0.2) is 4.39 Å². The summed E-state index contributed by atoms with van der Waals surface area (Å²) < 4.78 is 12.7. The maximum Gasteiger partial charge on any atom is 0.304 e. The zero-order chi connectivity index (χ0) is 14.3. The van der Waals surface area contributed by atoms with E-state index in [1.54, 1.807) is 23.9 Å². The van der Waals surface area contributed by atoms with E-state index in [1.807, 2.05) is 0 Å². The van der Waals surface area contributed by atoms with E-state index < -0.39 is 5.97 Å². The molecule has 0 aliphatic carbocycles. The van der Waals surface area contributed by atoms with Crippen molar-refractivity contribution < 1.29 is 14.3 Å². The lowest BCUT2D eigenvalue weighted by molar-refractivity contribution is -0.137. The normalized spacial score (nSPS) is 11.2. The molecule has 0 heterocycles. The second-order valence-corrected chi connectivity index (χ2v) is 5.74. The van der Waals surface area contributed by atoms with Crippen LogP contribution in [-0.2, 0) is 4.79 Å². The number of rotatable bonds is 8. The zero-order valence-electron chi connectivity index (χ0n) is 11.3. The largest absolute Gasteiger partial charge is 0.481 e. The molecule has 3 nitrogen and oxygen atoms in total. The molecule has 0 aromatic heterocycles. The topological polar surface area (TPSA) is 40.5 Å². The summed E-state index contributed by atoms with van der Waals surface area (Å²) in [5, 5.41) is 8.71. The Balaban J connectivity index is 2.35. The van der Waals surface area contributed by atoms with E-state index in [4.69, 9.17) is 5.11 Å². The van der Waals surface area contributed by atoms with Crippen LogP contribution in [0, 0.1) is 5.82 Å². The Morgan fingerprint density at radius 3 is 2.47 bits per heavy atom. The van der Waals surface area contributed by atoms with Gasteiger partial charge >= 0.3 is 5.97 Å². The summed E-state index contributed by atoms with van der Waals surface area (Å²) in [6, 6.07) is 6.75. The van der Waals surface area contributed by atoms with Crippen LogP contribution in [0.2, 0.25) is 0 Å². The first-order chi connectivity index (χ1) is 8.99. The quantitative estimate of drug-likeness (QED) is 0.745. The first kappa shape index (κ1) is 16.0. The summed E-state index contributed by atoms with van der Waals surface area (Å²) >= 11 is 1.65. The summed E-state index contributed by atoms with van der Waals surface area (Å²) in [7, 11) is 0. The van der Waals surface area contributed by atoms with Gasteiger partial charge in [0.25, 0.3) is 0 Å². The monoisotopic (exact) mass is 285 g/mol. The van der Waals surface area contributed by atoms with Crippen LogP contribution in [0.4, 0.5) is 4.39 Å². The van der Waals surface area contributed by atoms with Crippen molar-refractivity contribution in [2.75, 3.05) is 18.8 Å². The molecular weight excluding hydrogens is 265 g/mol. The molecule has 0 amide bonds. The fourth-order valence-electron chi connectivity index (χ4n) is 1.68. The number of nitrogens with zero attached hydrogens (tertiary/aromatic N) is 1. The summed E-state index contributed by atoms with van der Waals surface area (Å²) in [6.45, 7) is 5.51. The summed E-state index contributed by atoms with van der Waals surface area (Å²) in [4.78, 5) is 13.8. The van der Waals surface area contributed by atoms with E-state index in [1.165, 1.54) is 12.1 Å². The number of benzene rings is 1. The first-order valence-corrected chi connectivity index (χ1v) is 7.32. The fourth-order valence-corrected chi connectivity index (χ4v) is 2.57. The molecule has 0 spiro atoms. The highest BCUT2D eigenvalue weighted by molar-refractivity contribution is 7.99. The van der Waals surface area contributed by atoms with Gasteiger partial charge in [0.1, 0.15) is 5.82 Å². The standard InChI is InChI=1S/C14H20FNO2S/c1-11(2)16(8-7-14(17)18)9-10-19-13-5-3-12(15)4-6-13/h3-6,11H,7-10H2,1-2H3,(H,17,18). The predicted octanol–water partition coefficient (Wildman–Crippen LogP) is 3.10. The van der Waals surface area contributed by atoms with Gasteiger partial charge in [-0.2, -0.15) is 0 Å². The molecule has 0 radical (unpaired) electrons. The van der Waals surface area contributed by atoms with Crippen molar-refractivity contribution in [2.45, 2.75) is 31.2 Å². The van der Waals surface area contributed by atoms with Crippen LogP contribution in [0.25, 0.3) is 0 Å². The molecular formula is C14H20FNO2S. The van der Waals surface area contributed by atoms with Crippen molar-refractivity contribution in [3.8, 4) is 0 Å². The summed E-state index contributed by atoms with van der Waals surface area (Å²) in [5.74, 6) is -0.130. The maximum absolute atomic E-state index is 12.7. The van der Waals surface area contributed by atoms with Crippen LogP contribution < -0.4 is 0 Å². The summed E-state index contributed by atoms with van der Waals surface area (Å²) in [6.07, 6.45) is 0.166. The number of hydrogen-bond donors (Lipinski definition) is 1. The minimum absolute atomic E-state index is 0.166. The molecule has 0 atom stereocenters. The van der Waals surface area contributed by atoms with Crippen LogP contribution in [0.5, 0.6) is 0 Å². The van der Waals surface area contributed by atoms with Crippen LogP contribution in [0.15, 0.2) is 29.2 Å². The van der Waals surface area contributed by atoms with Crippen molar-refractivity contribution in [1.29, 1.82) is 0 Å². The highest BCUT2D eigenvalue weighted by Gasteiger charge is 2.10. The average Bonchev–Trinajstić information content (AvgIpc) is 2.35. The Hall–Kier alpha value is -1.07. The predicted molar refractivity (Wildman–Crippen MR) is 76.1 cm³/mol. The molecule has 0 aliphatic heterocycles. The molecule has 1 aromatic carbocycles. The van der Waals surface area contributed by atoms with Gasteiger partial charge in [0, 0.05) is 29.8 Å². The third-order valence-electron chi connectivity index (χ3n) is 2.80. The Kier molecular flexibility index (Phi) is 6.87. The Bertz CT molecular complexity index is 395. The lowest BCUT2D eigenvalue weighted by atomic mass is 10.3. The van der Waals surface area contributed by atoms with Crippen LogP contribution in [-0.4, -0.2) is 40.9 Å². The molecule has 0 saturated carbocycles. The molecule has 0 bridgehead atoms. The van der Waals surface area contributed by atoms with E-state index in [2.05, 4.69) is 18.7 Å². The molecule has 1 rings (SSSR count). The van der Waals surface area contributed by atoms with Gasteiger partial charge in [-0.1, -0.05) is 0 Å². The van der Waals surface area contributed by atoms with Crippen LogP contribution >= 0.6 is 11.8 Å². The zero-order valence-corrected chi connectivity index (χ0v) is 12.1. The van der Waals surface area contributed by atoms with E-state index in [0.29, 0.717) is 12.6 Å². The molecule has 0 aliphatic rings. The van der Waals surface area contributed by atoms with Gasteiger partial charge in [-0.05, 0) is 38.1 Å². The molecule has 0 saturated heterocycles. The second kappa shape index (κ2) is 8.17. The number of carboxylic acids is 1. The third kappa shape index (κ3) is 6.59. The van der Waals surface area contributed by atoms with Gasteiger partial charge in [-0.15, -0.1) is 11.8 Å². The second-order valence-electron chi connectivity index (χ2n) is 4.58. The minimum atomic E-state index is -0.767. The number of halogens is 1. The Morgan fingerprint density at radius 2 is 1.95 bits per heavy atom. The average molecular weight is 285 g/mol. The van der Waals surface area contributed by atoms with E-state index >= 15 is 0 Å². The maximum atomic E-state index is 12.7. The van der Waals surface area contributed by atoms with Gasteiger partial charge in [-0.3, -0.25) is 9.69 Å². The lowest BCUT2D eigenvalue weighted by Gasteiger charge is -2.25. The van der Waals surface area contributed by atoms with Crippen LogP contribution in [0.1, 0.15) is 20.3 Å². The number of hydrogen-bond acceptors (Lipinski definition) is 3. The van der Waals surface area contributed by atoms with E-state index in [-0.39, 0.29) is 12.2 Å². The number of carbonyl (C=O) groups is 1. The smallest absolute Gasteiger partial charge is 0.304 e. The molecule has 1 N–H and O–H groups in total.